The quantitative estimate of drug-likeness (QED) is 0.515. The minimum Gasteiger partial charge on any atom is -0.404 e. The molecule has 0 aliphatic heterocycles. The van der Waals surface area contributed by atoms with Crippen LogP contribution < -0.4 is 16.8 Å². The average molecular weight is 339 g/mol. The summed E-state index contributed by atoms with van der Waals surface area (Å²) < 4.78 is 0. The van der Waals surface area contributed by atoms with Crippen molar-refractivity contribution in [3.63, 3.8) is 0 Å². The third-order valence-electron chi connectivity index (χ3n) is 3.20. The number of nitrogen functional groups attached to an aromatic ring is 1. The first-order valence-electron chi connectivity index (χ1n) is 8.09. The van der Waals surface area contributed by atoms with Crippen LogP contribution in [-0.2, 0) is 0 Å². The molecule has 0 amide bonds. The van der Waals surface area contributed by atoms with Crippen molar-refractivity contribution in [1.82, 2.24) is 9.97 Å². The van der Waals surface area contributed by atoms with Crippen LogP contribution in [0.3, 0.4) is 0 Å². The lowest BCUT2D eigenvalue weighted by molar-refractivity contribution is 1.15. The molecule has 7 N–H and O–H groups in total. The van der Waals surface area contributed by atoms with E-state index in [1.165, 1.54) is 12.4 Å². The van der Waals surface area contributed by atoms with Gasteiger partial charge in [-0.05, 0) is 25.1 Å². The number of anilines is 2. The predicted molar refractivity (Wildman–Crippen MR) is 105 cm³/mol. The number of nitrogens with zero attached hydrogens (tertiary/aromatic N) is 2. The van der Waals surface area contributed by atoms with Gasteiger partial charge in [-0.15, -0.1) is 0 Å². The Morgan fingerprint density at radius 2 is 2.00 bits per heavy atom. The average Bonchev–Trinajstić information content (AvgIpc) is 2.65. The van der Waals surface area contributed by atoms with Crippen LogP contribution in [0.5, 0.6) is 0 Å². The van der Waals surface area contributed by atoms with E-state index in [4.69, 9.17) is 22.3 Å². The number of pyridine rings is 2. The van der Waals surface area contributed by atoms with Gasteiger partial charge in [-0.1, -0.05) is 19.9 Å². The lowest BCUT2D eigenvalue weighted by atomic mass is 10.0. The fourth-order valence-electron chi connectivity index (χ4n) is 2.04. The normalized spacial score (nSPS) is 10.4. The second kappa shape index (κ2) is 9.82. The Morgan fingerprint density at radius 3 is 2.60 bits per heavy atom. The molecular formula is C18H25N7. The summed E-state index contributed by atoms with van der Waals surface area (Å²) in [5.74, 6) is 0.699. The van der Waals surface area contributed by atoms with Crippen LogP contribution in [0.25, 0.3) is 5.57 Å². The van der Waals surface area contributed by atoms with E-state index in [0.717, 1.165) is 12.8 Å². The first-order chi connectivity index (χ1) is 12.1. The fraction of sp³-hybridized carbons (Fsp3) is 0.222. The molecule has 7 heteroatoms. The summed E-state index contributed by atoms with van der Waals surface area (Å²) in [6.07, 6.45) is 3.86. The summed E-state index contributed by atoms with van der Waals surface area (Å²) in [5.41, 5.74) is 13.9. The molecule has 25 heavy (non-hydrogen) atoms. The molecule has 0 saturated heterocycles. The Bertz CT molecular complexity index is 766. The van der Waals surface area contributed by atoms with E-state index >= 15 is 0 Å². The lowest BCUT2D eigenvalue weighted by Gasteiger charge is -2.10. The van der Waals surface area contributed by atoms with Crippen LogP contribution in [0.2, 0.25) is 0 Å². The van der Waals surface area contributed by atoms with E-state index in [1.807, 2.05) is 32.9 Å². The molecule has 2 aromatic heterocycles. The van der Waals surface area contributed by atoms with Crippen LogP contribution in [-0.4, -0.2) is 28.4 Å². The van der Waals surface area contributed by atoms with Crippen molar-refractivity contribution in [1.29, 1.82) is 10.8 Å². The molecule has 0 spiro atoms. The number of nitrogens with two attached hydrogens (primary N) is 2. The highest BCUT2D eigenvalue weighted by Crippen LogP contribution is 2.19. The summed E-state index contributed by atoms with van der Waals surface area (Å²) in [6, 6.07) is 7.06. The van der Waals surface area contributed by atoms with Gasteiger partial charge >= 0.3 is 0 Å². The Morgan fingerprint density at radius 1 is 1.28 bits per heavy atom. The van der Waals surface area contributed by atoms with Gasteiger partial charge in [0.1, 0.15) is 5.82 Å². The molecule has 2 aromatic rings. The number of hydrogen-bond acceptors (Lipinski definition) is 7. The van der Waals surface area contributed by atoms with Gasteiger partial charge in [-0.2, -0.15) is 0 Å². The van der Waals surface area contributed by atoms with Gasteiger partial charge in [0.2, 0.25) is 0 Å². The molecule has 2 heterocycles. The van der Waals surface area contributed by atoms with Gasteiger partial charge in [-0.25, -0.2) is 4.98 Å². The first kappa shape index (κ1) is 19.8. The van der Waals surface area contributed by atoms with Crippen molar-refractivity contribution in [2.24, 2.45) is 5.73 Å². The Hall–Kier alpha value is -3.22. The molecule has 0 saturated carbocycles. The number of allylic oxidation sites excluding steroid dienone is 1. The van der Waals surface area contributed by atoms with E-state index in [2.05, 4.69) is 15.3 Å². The van der Waals surface area contributed by atoms with Crippen LogP contribution in [0.4, 0.5) is 11.5 Å². The third kappa shape index (κ3) is 4.87. The Labute approximate surface area is 148 Å². The zero-order valence-electron chi connectivity index (χ0n) is 14.8. The Kier molecular flexibility index (Phi) is 7.78. The van der Waals surface area contributed by atoms with E-state index in [-0.39, 0.29) is 5.71 Å². The smallest absolute Gasteiger partial charge is 0.126 e. The zero-order valence-corrected chi connectivity index (χ0v) is 14.8. The van der Waals surface area contributed by atoms with Gasteiger partial charge in [0.05, 0.1) is 29.0 Å². The molecule has 0 atom stereocenters. The monoisotopic (exact) mass is 339 g/mol. The van der Waals surface area contributed by atoms with Crippen LogP contribution in [0.1, 0.15) is 37.7 Å². The number of aromatic nitrogens is 2. The number of nitrogens with one attached hydrogen (secondary N) is 3. The molecule has 0 bridgehead atoms. The topological polar surface area (TPSA) is 138 Å². The van der Waals surface area contributed by atoms with E-state index in [0.29, 0.717) is 34.0 Å². The molecule has 0 unspecified atom stereocenters. The first-order valence-corrected chi connectivity index (χ1v) is 8.09. The highest BCUT2D eigenvalue weighted by molar-refractivity contribution is 6.14. The van der Waals surface area contributed by atoms with Crippen molar-refractivity contribution < 1.29 is 0 Å². The van der Waals surface area contributed by atoms with Crippen LogP contribution >= 0.6 is 0 Å². The molecule has 7 nitrogen and oxygen atoms in total. The summed E-state index contributed by atoms with van der Waals surface area (Å²) in [5, 5.41) is 18.8. The zero-order chi connectivity index (χ0) is 18.8. The van der Waals surface area contributed by atoms with Crippen molar-refractivity contribution in [2.75, 3.05) is 17.6 Å². The molecule has 0 fully saturated rings. The van der Waals surface area contributed by atoms with Crippen molar-refractivity contribution in [2.45, 2.75) is 20.8 Å². The largest absolute Gasteiger partial charge is 0.404 e. The Balaban J connectivity index is 0.00000151. The van der Waals surface area contributed by atoms with Gasteiger partial charge in [0.25, 0.3) is 0 Å². The summed E-state index contributed by atoms with van der Waals surface area (Å²) in [7, 11) is 0. The predicted octanol–water partition coefficient (Wildman–Crippen LogP) is 2.88. The summed E-state index contributed by atoms with van der Waals surface area (Å²) in [4.78, 5) is 8.55. The van der Waals surface area contributed by atoms with Crippen LogP contribution in [0, 0.1) is 10.8 Å². The highest BCUT2D eigenvalue weighted by Gasteiger charge is 2.13. The van der Waals surface area contributed by atoms with Crippen molar-refractivity contribution in [3.05, 3.63) is 53.6 Å². The molecule has 0 radical (unpaired) electrons. The number of rotatable bonds is 6. The second-order valence-corrected chi connectivity index (χ2v) is 4.74. The summed E-state index contributed by atoms with van der Waals surface area (Å²) in [6.45, 7) is 6.72. The molecule has 132 valence electrons. The fourth-order valence-corrected chi connectivity index (χ4v) is 2.04. The minimum absolute atomic E-state index is 0.187. The molecule has 2 rings (SSSR count). The van der Waals surface area contributed by atoms with E-state index in [9.17, 15) is 0 Å². The highest BCUT2D eigenvalue weighted by atomic mass is 15.0. The molecule has 0 aliphatic rings. The molecular weight excluding hydrogens is 314 g/mol. The van der Waals surface area contributed by atoms with E-state index in [1.54, 1.807) is 12.1 Å². The molecule has 0 aliphatic carbocycles. The SMILES string of the molecule is CC.CCNc1cccc(C(=N)c2cc(/C(C=N)=C/N)ncc2N)n1. The minimum atomic E-state index is 0.187. The van der Waals surface area contributed by atoms with Crippen molar-refractivity contribution >= 4 is 29.0 Å². The lowest BCUT2D eigenvalue weighted by Crippen LogP contribution is -2.11. The van der Waals surface area contributed by atoms with Crippen LogP contribution in [0.15, 0.2) is 36.7 Å². The third-order valence-corrected chi connectivity index (χ3v) is 3.20. The maximum atomic E-state index is 8.39. The number of hydrogen-bond donors (Lipinski definition) is 5. The van der Waals surface area contributed by atoms with Gasteiger partial charge in [0, 0.05) is 30.1 Å². The maximum Gasteiger partial charge on any atom is 0.126 e. The maximum absolute atomic E-state index is 8.39. The summed E-state index contributed by atoms with van der Waals surface area (Å²) >= 11 is 0. The van der Waals surface area contributed by atoms with Gasteiger partial charge < -0.3 is 22.2 Å². The van der Waals surface area contributed by atoms with Crippen molar-refractivity contribution in [3.8, 4) is 0 Å². The van der Waals surface area contributed by atoms with E-state index < -0.39 is 0 Å². The van der Waals surface area contributed by atoms with Gasteiger partial charge in [-0.3, -0.25) is 10.4 Å². The molecule has 0 aromatic carbocycles. The second-order valence-electron chi connectivity index (χ2n) is 4.74. The standard InChI is InChI=1S/C16H19N7.C2H6/c1-2-21-15-5-3-4-13(23-15)16(20)11-6-14(10(7-17)8-18)22-9-12(11)19;1-2/h3-9,17,20H,2,18-19H2,1H3,(H,21,23);1-2H3/b10-8+,17-7?,20-16?;. The van der Waals surface area contributed by atoms with Gasteiger partial charge in [0.15, 0.2) is 0 Å².